The van der Waals surface area contributed by atoms with Gasteiger partial charge in [0.05, 0.1) is 6.33 Å². The molecule has 0 radical (unpaired) electrons. The molecule has 3 rings (SSSR count). The third-order valence-electron chi connectivity index (χ3n) is 2.93. The largest absolute Gasteiger partial charge is 0.381 e. The van der Waals surface area contributed by atoms with Crippen LogP contribution < -0.4 is 5.32 Å². The minimum atomic E-state index is 0.855. The van der Waals surface area contributed by atoms with E-state index >= 15 is 0 Å². The van der Waals surface area contributed by atoms with Gasteiger partial charge in [0.15, 0.2) is 0 Å². The maximum atomic E-state index is 4.06. The molecular weight excluding hydrogens is 254 g/mol. The number of nitrogens with one attached hydrogen (secondary N) is 1. The SMILES string of the molecule is c1cc(Cn2ccnc2)cc(NCc2ccsc2)c1. The first-order valence-corrected chi connectivity index (χ1v) is 7.14. The molecule has 0 spiro atoms. The average Bonchev–Trinajstić information content (AvgIpc) is 3.10. The topological polar surface area (TPSA) is 29.9 Å². The van der Waals surface area contributed by atoms with E-state index in [0.717, 1.165) is 18.8 Å². The second-order valence-corrected chi connectivity index (χ2v) is 5.20. The summed E-state index contributed by atoms with van der Waals surface area (Å²) in [5.41, 5.74) is 3.75. The second kappa shape index (κ2) is 5.71. The van der Waals surface area contributed by atoms with Crippen molar-refractivity contribution in [3.8, 4) is 0 Å². The molecule has 1 aromatic carbocycles. The molecule has 4 heteroatoms. The zero-order valence-electron chi connectivity index (χ0n) is 10.5. The molecule has 2 aromatic heterocycles. The number of aromatic nitrogens is 2. The highest BCUT2D eigenvalue weighted by atomic mass is 32.1. The molecular formula is C15H15N3S. The summed E-state index contributed by atoms with van der Waals surface area (Å²) in [5.74, 6) is 0. The van der Waals surface area contributed by atoms with E-state index in [1.165, 1.54) is 11.1 Å². The molecule has 1 N–H and O–H groups in total. The lowest BCUT2D eigenvalue weighted by atomic mass is 10.2. The molecule has 0 aliphatic heterocycles. The van der Waals surface area contributed by atoms with Crippen molar-refractivity contribution >= 4 is 17.0 Å². The van der Waals surface area contributed by atoms with Crippen molar-refractivity contribution in [2.24, 2.45) is 0 Å². The standard InChI is InChI=1S/C15H15N3S/c1-2-13(10-18-6-5-16-12-18)8-15(3-1)17-9-14-4-7-19-11-14/h1-8,11-12,17H,9-10H2. The van der Waals surface area contributed by atoms with Gasteiger partial charge >= 0.3 is 0 Å². The van der Waals surface area contributed by atoms with Crippen LogP contribution in [0.25, 0.3) is 0 Å². The van der Waals surface area contributed by atoms with Crippen LogP contribution in [0, 0.1) is 0 Å². The molecule has 96 valence electrons. The Morgan fingerprint density at radius 1 is 1.21 bits per heavy atom. The summed E-state index contributed by atoms with van der Waals surface area (Å²) >= 11 is 1.73. The fraction of sp³-hybridized carbons (Fsp3) is 0.133. The molecule has 3 aromatic rings. The van der Waals surface area contributed by atoms with Gasteiger partial charge in [-0.05, 0) is 40.1 Å². The molecule has 0 aliphatic carbocycles. The van der Waals surface area contributed by atoms with E-state index in [2.05, 4.69) is 56.0 Å². The third kappa shape index (κ3) is 3.23. The molecule has 0 atom stereocenters. The molecule has 2 heterocycles. The number of nitrogens with zero attached hydrogens (tertiary/aromatic N) is 2. The zero-order valence-corrected chi connectivity index (χ0v) is 11.3. The molecule has 3 nitrogen and oxygen atoms in total. The van der Waals surface area contributed by atoms with Gasteiger partial charge in [0.1, 0.15) is 0 Å². The molecule has 0 aliphatic rings. The molecule has 19 heavy (non-hydrogen) atoms. The minimum absolute atomic E-state index is 0.855. The van der Waals surface area contributed by atoms with E-state index in [4.69, 9.17) is 0 Å². The summed E-state index contributed by atoms with van der Waals surface area (Å²) in [7, 11) is 0. The lowest BCUT2D eigenvalue weighted by Crippen LogP contribution is -2.00. The average molecular weight is 269 g/mol. The van der Waals surface area contributed by atoms with Gasteiger partial charge in [0.2, 0.25) is 0 Å². The van der Waals surface area contributed by atoms with Crippen LogP contribution >= 0.6 is 11.3 Å². The smallest absolute Gasteiger partial charge is 0.0949 e. The summed E-state index contributed by atoms with van der Waals surface area (Å²) in [6.07, 6.45) is 5.62. The lowest BCUT2D eigenvalue weighted by molar-refractivity contribution is 0.797. The first-order valence-electron chi connectivity index (χ1n) is 6.20. The number of anilines is 1. The van der Waals surface area contributed by atoms with Gasteiger partial charge in [-0.3, -0.25) is 0 Å². The Bertz CT molecular complexity index is 615. The van der Waals surface area contributed by atoms with Crippen molar-refractivity contribution in [1.29, 1.82) is 0 Å². The fourth-order valence-corrected chi connectivity index (χ4v) is 2.64. The minimum Gasteiger partial charge on any atom is -0.381 e. The van der Waals surface area contributed by atoms with Crippen LogP contribution in [0.1, 0.15) is 11.1 Å². The maximum Gasteiger partial charge on any atom is 0.0949 e. The van der Waals surface area contributed by atoms with Gasteiger partial charge in [-0.15, -0.1) is 0 Å². The highest BCUT2D eigenvalue weighted by Crippen LogP contribution is 2.14. The van der Waals surface area contributed by atoms with Crippen LogP contribution in [0.4, 0.5) is 5.69 Å². The van der Waals surface area contributed by atoms with Gasteiger partial charge in [0.25, 0.3) is 0 Å². The van der Waals surface area contributed by atoms with Gasteiger partial charge in [-0.1, -0.05) is 12.1 Å². The molecule has 0 bridgehead atoms. The van der Waals surface area contributed by atoms with Crippen LogP contribution in [0.2, 0.25) is 0 Å². The second-order valence-electron chi connectivity index (χ2n) is 4.42. The number of rotatable bonds is 5. The summed E-state index contributed by atoms with van der Waals surface area (Å²) in [6, 6.07) is 10.7. The molecule has 0 saturated heterocycles. The third-order valence-corrected chi connectivity index (χ3v) is 3.66. The quantitative estimate of drug-likeness (QED) is 0.767. The Morgan fingerprint density at radius 3 is 3.00 bits per heavy atom. The Hall–Kier alpha value is -2.07. The zero-order chi connectivity index (χ0) is 12.9. The summed E-state index contributed by atoms with van der Waals surface area (Å²) in [4.78, 5) is 4.06. The van der Waals surface area contributed by atoms with Crippen LogP contribution in [-0.4, -0.2) is 9.55 Å². The molecule has 0 unspecified atom stereocenters. The Kier molecular flexibility index (Phi) is 3.61. The molecule has 0 fully saturated rings. The summed E-state index contributed by atoms with van der Waals surface area (Å²) in [5, 5.41) is 7.72. The van der Waals surface area contributed by atoms with Crippen LogP contribution in [-0.2, 0) is 13.1 Å². The van der Waals surface area contributed by atoms with E-state index in [9.17, 15) is 0 Å². The highest BCUT2D eigenvalue weighted by molar-refractivity contribution is 7.07. The normalized spacial score (nSPS) is 10.5. The first-order chi connectivity index (χ1) is 9.40. The highest BCUT2D eigenvalue weighted by Gasteiger charge is 1.98. The van der Waals surface area contributed by atoms with Gasteiger partial charge in [-0.2, -0.15) is 11.3 Å². The van der Waals surface area contributed by atoms with Crippen molar-refractivity contribution < 1.29 is 0 Å². The Labute approximate surface area is 116 Å². The van der Waals surface area contributed by atoms with E-state index in [1.54, 1.807) is 17.5 Å². The summed E-state index contributed by atoms with van der Waals surface area (Å²) in [6.45, 7) is 1.73. The monoisotopic (exact) mass is 269 g/mol. The number of imidazole rings is 1. The van der Waals surface area contributed by atoms with Crippen LogP contribution in [0.5, 0.6) is 0 Å². The van der Waals surface area contributed by atoms with Crippen molar-refractivity contribution in [1.82, 2.24) is 9.55 Å². The number of hydrogen-bond acceptors (Lipinski definition) is 3. The van der Waals surface area contributed by atoms with Crippen molar-refractivity contribution in [3.05, 3.63) is 70.9 Å². The van der Waals surface area contributed by atoms with Gasteiger partial charge < -0.3 is 9.88 Å². The van der Waals surface area contributed by atoms with Crippen molar-refractivity contribution in [3.63, 3.8) is 0 Å². The van der Waals surface area contributed by atoms with Gasteiger partial charge in [-0.25, -0.2) is 4.98 Å². The van der Waals surface area contributed by atoms with Gasteiger partial charge in [0, 0.05) is 31.2 Å². The van der Waals surface area contributed by atoms with E-state index in [1.807, 2.05) is 12.5 Å². The Morgan fingerprint density at radius 2 is 2.21 bits per heavy atom. The lowest BCUT2D eigenvalue weighted by Gasteiger charge is -2.08. The predicted molar refractivity (Wildman–Crippen MR) is 79.4 cm³/mol. The number of thiophene rings is 1. The Balaban J connectivity index is 1.66. The van der Waals surface area contributed by atoms with Crippen LogP contribution in [0.3, 0.4) is 0 Å². The number of benzene rings is 1. The van der Waals surface area contributed by atoms with E-state index in [-0.39, 0.29) is 0 Å². The maximum absolute atomic E-state index is 4.06. The predicted octanol–water partition coefficient (Wildman–Crippen LogP) is 3.61. The molecule has 0 saturated carbocycles. The molecule has 0 amide bonds. The first kappa shape index (κ1) is 12.0. The fourth-order valence-electron chi connectivity index (χ4n) is 1.97. The van der Waals surface area contributed by atoms with Crippen LogP contribution in [0.15, 0.2) is 59.8 Å². The van der Waals surface area contributed by atoms with Crippen molar-refractivity contribution in [2.75, 3.05) is 5.32 Å². The van der Waals surface area contributed by atoms with Crippen molar-refractivity contribution in [2.45, 2.75) is 13.1 Å². The number of hydrogen-bond donors (Lipinski definition) is 1. The van der Waals surface area contributed by atoms with E-state index < -0.39 is 0 Å². The summed E-state index contributed by atoms with van der Waals surface area (Å²) < 4.78 is 2.07. The van der Waals surface area contributed by atoms with E-state index in [0.29, 0.717) is 0 Å².